The van der Waals surface area contributed by atoms with Crippen molar-refractivity contribution in [1.82, 2.24) is 4.98 Å². The summed E-state index contributed by atoms with van der Waals surface area (Å²) in [6.07, 6.45) is 2.43. The summed E-state index contributed by atoms with van der Waals surface area (Å²) in [4.78, 5) is 16.3. The summed E-state index contributed by atoms with van der Waals surface area (Å²) in [5.74, 6) is 0.126. The monoisotopic (exact) mass is 202 g/mol. The molecule has 1 aromatic heterocycles. The Morgan fingerprint density at radius 1 is 1.40 bits per heavy atom. The van der Waals surface area contributed by atoms with Gasteiger partial charge in [-0.05, 0) is 23.6 Å². The quantitative estimate of drug-likeness (QED) is 0.798. The molecule has 0 aliphatic rings. The first-order valence-electron chi connectivity index (χ1n) is 5.06. The van der Waals surface area contributed by atoms with E-state index >= 15 is 0 Å². The van der Waals surface area contributed by atoms with Gasteiger partial charge in [-0.3, -0.25) is 4.79 Å². The van der Waals surface area contributed by atoms with E-state index < -0.39 is 0 Å². The number of rotatable bonds is 2. The molecule has 0 bridgehead atoms. The molecular formula is C12H14N2O. The number of aromatic nitrogens is 1. The lowest BCUT2D eigenvalue weighted by molar-refractivity contribution is -0.118. The van der Waals surface area contributed by atoms with E-state index in [0.717, 1.165) is 16.6 Å². The van der Waals surface area contributed by atoms with Crippen molar-refractivity contribution >= 4 is 22.5 Å². The molecular weight excluding hydrogens is 188 g/mol. The minimum Gasteiger partial charge on any atom is -0.361 e. The van der Waals surface area contributed by atoms with E-state index in [2.05, 4.69) is 4.98 Å². The van der Waals surface area contributed by atoms with Crippen molar-refractivity contribution in [2.75, 3.05) is 11.9 Å². The van der Waals surface area contributed by atoms with Crippen LogP contribution in [-0.4, -0.2) is 17.9 Å². The zero-order valence-corrected chi connectivity index (χ0v) is 8.95. The van der Waals surface area contributed by atoms with Gasteiger partial charge in [0.25, 0.3) is 0 Å². The summed E-state index contributed by atoms with van der Waals surface area (Å²) in [7, 11) is 1.80. The third kappa shape index (κ3) is 1.73. The Balaban J connectivity index is 2.39. The SMILES string of the molecule is CCC(=O)N(C)c1ccc2cc[nH]c2c1. The highest BCUT2D eigenvalue weighted by atomic mass is 16.2. The van der Waals surface area contributed by atoms with Crippen molar-refractivity contribution in [2.45, 2.75) is 13.3 Å². The van der Waals surface area contributed by atoms with Crippen molar-refractivity contribution in [3.63, 3.8) is 0 Å². The van der Waals surface area contributed by atoms with Crippen LogP contribution >= 0.6 is 0 Å². The number of anilines is 1. The second-order valence-corrected chi connectivity index (χ2v) is 3.56. The number of nitrogens with one attached hydrogen (secondary N) is 1. The fraction of sp³-hybridized carbons (Fsp3) is 0.250. The standard InChI is InChI=1S/C12H14N2O/c1-3-12(15)14(2)10-5-4-9-6-7-13-11(9)8-10/h4-8,13H,3H2,1-2H3. The predicted molar refractivity (Wildman–Crippen MR) is 62.0 cm³/mol. The summed E-state index contributed by atoms with van der Waals surface area (Å²) in [5, 5.41) is 1.16. The summed E-state index contributed by atoms with van der Waals surface area (Å²) in [6, 6.07) is 7.98. The fourth-order valence-corrected chi connectivity index (χ4v) is 1.63. The fourth-order valence-electron chi connectivity index (χ4n) is 1.63. The van der Waals surface area contributed by atoms with Crippen LogP contribution in [0.3, 0.4) is 0 Å². The van der Waals surface area contributed by atoms with Gasteiger partial charge in [0.2, 0.25) is 5.91 Å². The summed E-state index contributed by atoms with van der Waals surface area (Å²) < 4.78 is 0. The molecule has 1 aromatic carbocycles. The van der Waals surface area contributed by atoms with Crippen LogP contribution < -0.4 is 4.90 Å². The number of nitrogens with zero attached hydrogens (tertiary/aromatic N) is 1. The topological polar surface area (TPSA) is 36.1 Å². The molecule has 15 heavy (non-hydrogen) atoms. The van der Waals surface area contributed by atoms with Crippen molar-refractivity contribution in [3.05, 3.63) is 30.5 Å². The number of hydrogen-bond acceptors (Lipinski definition) is 1. The van der Waals surface area contributed by atoms with Crippen molar-refractivity contribution in [3.8, 4) is 0 Å². The highest BCUT2D eigenvalue weighted by molar-refractivity contribution is 5.95. The summed E-state index contributed by atoms with van der Waals surface area (Å²) in [6.45, 7) is 1.87. The third-order valence-electron chi connectivity index (χ3n) is 2.60. The van der Waals surface area contributed by atoms with Gasteiger partial charge in [-0.25, -0.2) is 0 Å². The molecule has 2 aromatic rings. The van der Waals surface area contributed by atoms with E-state index in [0.29, 0.717) is 6.42 Å². The Hall–Kier alpha value is -1.77. The first kappa shape index (κ1) is 9.77. The highest BCUT2D eigenvalue weighted by Gasteiger charge is 2.08. The van der Waals surface area contributed by atoms with Gasteiger partial charge >= 0.3 is 0 Å². The molecule has 1 heterocycles. The Bertz CT molecular complexity index is 487. The third-order valence-corrected chi connectivity index (χ3v) is 2.60. The second-order valence-electron chi connectivity index (χ2n) is 3.56. The van der Waals surface area contributed by atoms with Gasteiger partial charge in [-0.1, -0.05) is 13.0 Å². The van der Waals surface area contributed by atoms with E-state index in [9.17, 15) is 4.79 Å². The average Bonchev–Trinajstić information content (AvgIpc) is 2.73. The largest absolute Gasteiger partial charge is 0.361 e. The Kier molecular flexibility index (Phi) is 2.46. The smallest absolute Gasteiger partial charge is 0.226 e. The number of aromatic amines is 1. The molecule has 0 spiro atoms. The second kappa shape index (κ2) is 3.77. The van der Waals surface area contributed by atoms with E-state index in [1.165, 1.54) is 0 Å². The molecule has 0 aliphatic carbocycles. The van der Waals surface area contributed by atoms with Gasteiger partial charge in [0, 0.05) is 30.9 Å². The highest BCUT2D eigenvalue weighted by Crippen LogP contribution is 2.20. The first-order valence-corrected chi connectivity index (χ1v) is 5.06. The summed E-state index contributed by atoms with van der Waals surface area (Å²) >= 11 is 0. The zero-order chi connectivity index (χ0) is 10.8. The first-order chi connectivity index (χ1) is 7.22. The van der Waals surface area contributed by atoms with E-state index in [1.807, 2.05) is 37.4 Å². The molecule has 0 saturated carbocycles. The van der Waals surface area contributed by atoms with Gasteiger partial charge in [0.15, 0.2) is 0 Å². The van der Waals surface area contributed by atoms with Gasteiger partial charge in [0.1, 0.15) is 0 Å². The van der Waals surface area contributed by atoms with Crippen LogP contribution in [0.1, 0.15) is 13.3 Å². The molecule has 0 unspecified atom stereocenters. The maximum absolute atomic E-state index is 11.5. The van der Waals surface area contributed by atoms with Crippen LogP contribution in [0, 0.1) is 0 Å². The Labute approximate surface area is 88.7 Å². The van der Waals surface area contributed by atoms with E-state index in [4.69, 9.17) is 0 Å². The maximum atomic E-state index is 11.5. The maximum Gasteiger partial charge on any atom is 0.226 e. The zero-order valence-electron chi connectivity index (χ0n) is 8.95. The predicted octanol–water partition coefficient (Wildman–Crippen LogP) is 2.54. The molecule has 0 atom stereocenters. The molecule has 3 heteroatoms. The molecule has 3 nitrogen and oxygen atoms in total. The van der Waals surface area contributed by atoms with Gasteiger partial charge in [-0.15, -0.1) is 0 Å². The Morgan fingerprint density at radius 3 is 2.93 bits per heavy atom. The molecule has 1 amide bonds. The minimum atomic E-state index is 0.126. The lowest BCUT2D eigenvalue weighted by Crippen LogP contribution is -2.24. The number of H-pyrrole nitrogens is 1. The van der Waals surface area contributed by atoms with E-state index in [-0.39, 0.29) is 5.91 Å². The van der Waals surface area contributed by atoms with Crippen LogP contribution in [-0.2, 0) is 4.79 Å². The number of carbonyl (C=O) groups excluding carboxylic acids is 1. The van der Waals surface area contributed by atoms with Gasteiger partial charge in [-0.2, -0.15) is 0 Å². The number of benzene rings is 1. The lowest BCUT2D eigenvalue weighted by atomic mass is 10.2. The molecule has 2 rings (SSSR count). The van der Waals surface area contributed by atoms with Crippen LogP contribution in [0.2, 0.25) is 0 Å². The van der Waals surface area contributed by atoms with Gasteiger partial charge < -0.3 is 9.88 Å². The van der Waals surface area contributed by atoms with Crippen molar-refractivity contribution in [1.29, 1.82) is 0 Å². The number of hydrogen-bond donors (Lipinski definition) is 1. The average molecular weight is 202 g/mol. The molecule has 78 valence electrons. The van der Waals surface area contributed by atoms with Gasteiger partial charge in [0.05, 0.1) is 0 Å². The molecule has 1 N–H and O–H groups in total. The summed E-state index contributed by atoms with van der Waals surface area (Å²) in [5.41, 5.74) is 1.99. The molecule has 0 fully saturated rings. The Morgan fingerprint density at radius 2 is 2.20 bits per heavy atom. The number of amides is 1. The van der Waals surface area contributed by atoms with Crippen LogP contribution in [0.5, 0.6) is 0 Å². The van der Waals surface area contributed by atoms with Crippen molar-refractivity contribution < 1.29 is 4.79 Å². The van der Waals surface area contributed by atoms with E-state index in [1.54, 1.807) is 11.9 Å². The van der Waals surface area contributed by atoms with Crippen LogP contribution in [0.25, 0.3) is 10.9 Å². The molecule has 0 saturated heterocycles. The van der Waals surface area contributed by atoms with Crippen molar-refractivity contribution in [2.24, 2.45) is 0 Å². The minimum absolute atomic E-state index is 0.126. The normalized spacial score (nSPS) is 10.5. The number of carbonyl (C=O) groups is 1. The lowest BCUT2D eigenvalue weighted by Gasteiger charge is -2.16. The number of fused-ring (bicyclic) bond motifs is 1. The van der Waals surface area contributed by atoms with Crippen LogP contribution in [0.4, 0.5) is 5.69 Å². The van der Waals surface area contributed by atoms with Crippen LogP contribution in [0.15, 0.2) is 30.5 Å². The molecule has 0 radical (unpaired) electrons. The molecule has 0 aliphatic heterocycles.